The second-order valence-corrected chi connectivity index (χ2v) is 5.75. The van der Waals surface area contributed by atoms with Crippen LogP contribution in [0.3, 0.4) is 0 Å². The van der Waals surface area contributed by atoms with E-state index in [2.05, 4.69) is 15.0 Å². The van der Waals surface area contributed by atoms with Gasteiger partial charge in [0.05, 0.1) is 11.4 Å². The molecule has 1 N–H and O–H groups in total. The van der Waals surface area contributed by atoms with Gasteiger partial charge in [0.15, 0.2) is 20.5 Å². The molecular weight excluding hydrogens is 214 g/mol. The van der Waals surface area contributed by atoms with E-state index >= 15 is 0 Å². The number of H-pyrrole nitrogens is 1. The molecule has 78 valence electrons. The number of rotatable bonds is 0. The molecule has 0 saturated heterocycles. The number of nitrogens with zero attached hydrogens (tertiary/aromatic N) is 2. The quantitative estimate of drug-likeness (QED) is 0.709. The van der Waals surface area contributed by atoms with Gasteiger partial charge in [-0.05, 0) is 13.0 Å². The Hall–Kier alpha value is -1.43. The molecule has 3 rings (SSSR count). The highest BCUT2D eigenvalue weighted by Gasteiger charge is 2.29. The minimum Gasteiger partial charge on any atom is -0.342 e. The molecule has 6 heteroatoms. The monoisotopic (exact) mass is 223 g/mol. The Labute approximate surface area is 86.5 Å². The van der Waals surface area contributed by atoms with Crippen molar-refractivity contribution in [2.24, 2.45) is 0 Å². The lowest BCUT2D eigenvalue weighted by molar-refractivity contribution is 0.597. The molecule has 0 aliphatic carbocycles. The second-order valence-electron chi connectivity index (χ2n) is 3.73. The van der Waals surface area contributed by atoms with E-state index in [1.165, 1.54) is 0 Å². The van der Waals surface area contributed by atoms with Crippen molar-refractivity contribution >= 4 is 21.0 Å². The first-order valence-corrected chi connectivity index (χ1v) is 6.30. The summed E-state index contributed by atoms with van der Waals surface area (Å²) in [5.74, 6) is 0.133. The van der Waals surface area contributed by atoms with Gasteiger partial charge in [0.1, 0.15) is 5.52 Å². The topological polar surface area (TPSA) is 75.7 Å². The van der Waals surface area contributed by atoms with Crippen LogP contribution in [0.4, 0.5) is 0 Å². The van der Waals surface area contributed by atoms with Crippen LogP contribution in [0.15, 0.2) is 11.1 Å². The summed E-state index contributed by atoms with van der Waals surface area (Å²) in [6.45, 7) is 1.89. The maximum atomic E-state index is 11.6. The normalized spacial score (nSPS) is 18.2. The predicted molar refractivity (Wildman–Crippen MR) is 54.4 cm³/mol. The van der Waals surface area contributed by atoms with E-state index in [0.29, 0.717) is 23.3 Å². The molecule has 2 aromatic rings. The van der Waals surface area contributed by atoms with Crippen molar-refractivity contribution in [3.63, 3.8) is 0 Å². The molecule has 0 spiro atoms. The van der Waals surface area contributed by atoms with Crippen LogP contribution in [-0.4, -0.2) is 29.1 Å². The van der Waals surface area contributed by atoms with E-state index in [1.54, 1.807) is 6.07 Å². The predicted octanol–water partition coefficient (Wildman–Crippen LogP) is 0.596. The molecule has 1 aliphatic heterocycles. The van der Waals surface area contributed by atoms with Crippen LogP contribution < -0.4 is 0 Å². The van der Waals surface area contributed by atoms with E-state index in [-0.39, 0.29) is 10.8 Å². The van der Waals surface area contributed by atoms with Gasteiger partial charge in [-0.25, -0.2) is 18.4 Å². The molecule has 5 nitrogen and oxygen atoms in total. The lowest BCUT2D eigenvalue weighted by Gasteiger charge is -1.96. The summed E-state index contributed by atoms with van der Waals surface area (Å²) in [6.07, 6.45) is 0.471. The molecule has 0 amide bonds. The Morgan fingerprint density at radius 2 is 2.20 bits per heavy atom. The molecule has 15 heavy (non-hydrogen) atoms. The second kappa shape index (κ2) is 2.57. The van der Waals surface area contributed by atoms with Gasteiger partial charge in [-0.15, -0.1) is 0 Å². The lowest BCUT2D eigenvalue weighted by Crippen LogP contribution is -2.01. The Kier molecular flexibility index (Phi) is 1.52. The fraction of sp³-hybridized carbons (Fsp3) is 0.333. The highest BCUT2D eigenvalue weighted by atomic mass is 32.2. The van der Waals surface area contributed by atoms with Gasteiger partial charge >= 0.3 is 0 Å². The molecule has 0 atom stereocenters. The molecule has 0 radical (unpaired) electrons. The van der Waals surface area contributed by atoms with E-state index < -0.39 is 9.84 Å². The first-order valence-electron chi connectivity index (χ1n) is 4.65. The molecule has 0 saturated carbocycles. The number of nitrogens with one attached hydrogen (secondary N) is 1. The van der Waals surface area contributed by atoms with Gasteiger partial charge in [0, 0.05) is 12.1 Å². The standard InChI is InChI=1S/C9H9N3O2S/c1-5-4-7-8(10-5)11-6-2-3-15(13,14)9(6)12-7/h4H,2-3H2,1H3,(H,10,11). The fourth-order valence-corrected chi connectivity index (χ4v) is 3.23. The van der Waals surface area contributed by atoms with Crippen molar-refractivity contribution in [3.05, 3.63) is 17.5 Å². The first-order chi connectivity index (χ1) is 7.06. The molecule has 3 heterocycles. The summed E-state index contributed by atoms with van der Waals surface area (Å²) < 4.78 is 23.2. The van der Waals surface area contributed by atoms with Gasteiger partial charge in [-0.1, -0.05) is 0 Å². The number of hydrogen-bond acceptors (Lipinski definition) is 4. The summed E-state index contributed by atoms with van der Waals surface area (Å²) in [4.78, 5) is 11.5. The number of aromatic amines is 1. The van der Waals surface area contributed by atoms with Crippen LogP contribution in [0.1, 0.15) is 11.4 Å². The molecule has 1 aliphatic rings. The van der Waals surface area contributed by atoms with Crippen LogP contribution in [0.2, 0.25) is 0 Å². The maximum Gasteiger partial charge on any atom is 0.197 e. The number of aryl methyl sites for hydroxylation is 2. The van der Waals surface area contributed by atoms with Crippen molar-refractivity contribution in [1.82, 2.24) is 15.0 Å². The zero-order chi connectivity index (χ0) is 10.6. The van der Waals surface area contributed by atoms with E-state index in [1.807, 2.05) is 6.92 Å². The largest absolute Gasteiger partial charge is 0.342 e. The number of fused-ring (bicyclic) bond motifs is 2. The average Bonchev–Trinajstić information content (AvgIpc) is 2.64. The first kappa shape index (κ1) is 8.84. The van der Waals surface area contributed by atoms with E-state index in [0.717, 1.165) is 5.69 Å². The van der Waals surface area contributed by atoms with Crippen LogP contribution >= 0.6 is 0 Å². The highest BCUT2D eigenvalue weighted by Crippen LogP contribution is 2.24. The maximum absolute atomic E-state index is 11.6. The molecule has 0 aromatic carbocycles. The summed E-state index contributed by atoms with van der Waals surface area (Å²) in [5, 5.41) is 0.161. The van der Waals surface area contributed by atoms with E-state index in [9.17, 15) is 8.42 Å². The number of aromatic nitrogens is 3. The van der Waals surface area contributed by atoms with Gasteiger partial charge in [0.25, 0.3) is 0 Å². The minimum atomic E-state index is -3.18. The molecule has 0 fully saturated rings. The van der Waals surface area contributed by atoms with Gasteiger partial charge in [0.2, 0.25) is 0 Å². The van der Waals surface area contributed by atoms with Crippen LogP contribution in [-0.2, 0) is 16.3 Å². The van der Waals surface area contributed by atoms with Gasteiger partial charge in [-0.2, -0.15) is 0 Å². The van der Waals surface area contributed by atoms with Crippen LogP contribution in [0.5, 0.6) is 0 Å². The highest BCUT2D eigenvalue weighted by molar-refractivity contribution is 7.91. The third-order valence-electron chi connectivity index (χ3n) is 2.53. The fourth-order valence-electron chi connectivity index (χ4n) is 1.83. The Bertz CT molecular complexity index is 657. The Morgan fingerprint density at radius 1 is 1.40 bits per heavy atom. The number of hydrogen-bond donors (Lipinski definition) is 1. The van der Waals surface area contributed by atoms with Crippen molar-refractivity contribution in [3.8, 4) is 0 Å². The van der Waals surface area contributed by atoms with Crippen molar-refractivity contribution in [2.45, 2.75) is 18.4 Å². The summed E-state index contributed by atoms with van der Waals surface area (Å²) in [5.41, 5.74) is 2.82. The van der Waals surface area contributed by atoms with Gasteiger partial charge in [-0.3, -0.25) is 0 Å². The van der Waals surface area contributed by atoms with Crippen LogP contribution in [0, 0.1) is 6.92 Å². The minimum absolute atomic E-state index is 0.133. The SMILES string of the molecule is Cc1cc2nc3c(nc2[nH]1)CCS3(=O)=O. The zero-order valence-electron chi connectivity index (χ0n) is 8.11. The number of sulfone groups is 1. The average molecular weight is 223 g/mol. The van der Waals surface area contributed by atoms with Crippen molar-refractivity contribution in [1.29, 1.82) is 0 Å². The summed E-state index contributed by atoms with van der Waals surface area (Å²) in [6, 6.07) is 1.80. The van der Waals surface area contributed by atoms with Crippen LogP contribution in [0.25, 0.3) is 11.2 Å². The third kappa shape index (κ3) is 1.18. The Morgan fingerprint density at radius 3 is 3.00 bits per heavy atom. The summed E-state index contributed by atoms with van der Waals surface area (Å²) in [7, 11) is -3.18. The molecular formula is C9H9N3O2S. The third-order valence-corrected chi connectivity index (χ3v) is 4.19. The molecule has 0 unspecified atom stereocenters. The van der Waals surface area contributed by atoms with Crippen molar-refractivity contribution < 1.29 is 8.42 Å². The van der Waals surface area contributed by atoms with Gasteiger partial charge < -0.3 is 4.98 Å². The Balaban J connectivity index is 2.41. The molecule has 2 aromatic heterocycles. The van der Waals surface area contributed by atoms with E-state index in [4.69, 9.17) is 0 Å². The molecule has 0 bridgehead atoms. The lowest BCUT2D eigenvalue weighted by atomic mass is 10.3. The smallest absolute Gasteiger partial charge is 0.197 e. The van der Waals surface area contributed by atoms with Crippen molar-refractivity contribution in [2.75, 3.05) is 5.75 Å². The zero-order valence-corrected chi connectivity index (χ0v) is 8.93. The summed E-state index contributed by atoms with van der Waals surface area (Å²) >= 11 is 0.